The quantitative estimate of drug-likeness (QED) is 0.352. The number of ether oxygens (including phenoxy) is 3. The Labute approximate surface area is 217 Å². The summed E-state index contributed by atoms with van der Waals surface area (Å²) in [5, 5.41) is 8.80. The third-order valence-corrected chi connectivity index (χ3v) is 6.71. The number of piperidine rings is 1. The van der Waals surface area contributed by atoms with Crippen molar-refractivity contribution in [3.8, 4) is 17.2 Å². The van der Waals surface area contributed by atoms with E-state index < -0.39 is 12.7 Å². The molecule has 1 aliphatic heterocycles. The van der Waals surface area contributed by atoms with Crippen molar-refractivity contribution in [3.05, 3.63) is 47.8 Å². The average Bonchev–Trinajstić information content (AvgIpc) is 3.36. The van der Waals surface area contributed by atoms with Gasteiger partial charge in [0.1, 0.15) is 22.8 Å². The summed E-state index contributed by atoms with van der Waals surface area (Å²) >= 11 is 0. The van der Waals surface area contributed by atoms with Crippen LogP contribution in [-0.4, -0.2) is 71.6 Å². The Morgan fingerprint density at radius 1 is 1.03 bits per heavy atom. The molecule has 1 aliphatic rings. The van der Waals surface area contributed by atoms with Crippen molar-refractivity contribution < 1.29 is 27.4 Å². The molecule has 1 atom stereocenters. The van der Waals surface area contributed by atoms with E-state index in [-0.39, 0.29) is 12.5 Å². The van der Waals surface area contributed by atoms with Crippen LogP contribution in [0, 0.1) is 0 Å². The molecule has 38 heavy (non-hydrogen) atoms. The summed E-state index contributed by atoms with van der Waals surface area (Å²) in [5.74, 6) is 2.61. The van der Waals surface area contributed by atoms with Crippen LogP contribution in [0.15, 0.2) is 36.4 Å². The Hall–Kier alpha value is -3.80. The molecule has 0 saturated carbocycles. The number of hydrogen-bond acceptors (Lipinski definition) is 8. The van der Waals surface area contributed by atoms with Gasteiger partial charge in [0.05, 0.1) is 27.9 Å². The Kier molecular flexibility index (Phi) is 7.15. The molecule has 4 aromatic rings. The fourth-order valence-electron chi connectivity index (χ4n) is 4.91. The number of likely N-dealkylation sites (tertiary alicyclic amines) is 1. The fraction of sp³-hybridized carbons (Fsp3) is 0.423. The van der Waals surface area contributed by atoms with Gasteiger partial charge in [-0.05, 0) is 43.7 Å². The molecule has 1 fully saturated rings. The van der Waals surface area contributed by atoms with Crippen molar-refractivity contribution in [2.45, 2.75) is 31.5 Å². The van der Waals surface area contributed by atoms with E-state index in [2.05, 4.69) is 5.32 Å². The number of nitrogens with zero attached hydrogens (tertiary/aromatic N) is 5. The molecule has 2 aromatic heterocycles. The lowest BCUT2D eigenvalue weighted by molar-refractivity contribution is -0.148. The predicted molar refractivity (Wildman–Crippen MR) is 136 cm³/mol. The van der Waals surface area contributed by atoms with Gasteiger partial charge < -0.3 is 19.5 Å². The molecule has 0 radical (unpaired) electrons. The Balaban J connectivity index is 1.53. The number of benzene rings is 2. The number of methoxy groups -OCH3 is 3. The monoisotopic (exact) mass is 530 g/mol. The van der Waals surface area contributed by atoms with E-state index in [9.17, 15) is 13.2 Å². The number of para-hydroxylation sites is 1. The molecule has 0 bridgehead atoms. The zero-order valence-corrected chi connectivity index (χ0v) is 21.4. The highest BCUT2D eigenvalue weighted by molar-refractivity contribution is 5.96. The van der Waals surface area contributed by atoms with E-state index in [4.69, 9.17) is 29.3 Å². The maximum atomic E-state index is 13.0. The van der Waals surface area contributed by atoms with Crippen LogP contribution in [0.25, 0.3) is 16.6 Å². The lowest BCUT2D eigenvalue weighted by Crippen LogP contribution is -2.40. The van der Waals surface area contributed by atoms with Crippen LogP contribution in [0.3, 0.4) is 0 Å². The van der Waals surface area contributed by atoms with Crippen LogP contribution in [0.1, 0.15) is 30.1 Å². The molecular formula is C26H29F3N6O3. The molecule has 0 spiro atoms. The minimum atomic E-state index is -4.25. The van der Waals surface area contributed by atoms with E-state index in [0.29, 0.717) is 66.1 Å². The van der Waals surface area contributed by atoms with Gasteiger partial charge in [-0.2, -0.15) is 17.7 Å². The van der Waals surface area contributed by atoms with Gasteiger partial charge >= 0.3 is 6.18 Å². The summed E-state index contributed by atoms with van der Waals surface area (Å²) in [7, 11) is 4.75. The number of hydrogen-bond donors (Lipinski definition) is 1. The van der Waals surface area contributed by atoms with Crippen LogP contribution in [0.4, 0.5) is 19.1 Å². The molecular weight excluding hydrogens is 501 g/mol. The number of nitrogens with one attached hydrogen (secondary N) is 1. The smallest absolute Gasteiger partial charge is 0.401 e. The van der Waals surface area contributed by atoms with Crippen molar-refractivity contribution >= 4 is 22.5 Å². The highest BCUT2D eigenvalue weighted by Crippen LogP contribution is 2.32. The number of fused-ring (bicyclic) bond motifs is 3. The second-order valence-corrected chi connectivity index (χ2v) is 9.22. The third kappa shape index (κ3) is 5.26. The second kappa shape index (κ2) is 10.5. The Morgan fingerprint density at radius 2 is 1.84 bits per heavy atom. The first-order valence-corrected chi connectivity index (χ1v) is 12.3. The van der Waals surface area contributed by atoms with Gasteiger partial charge in [-0.25, -0.2) is 9.97 Å². The fourth-order valence-corrected chi connectivity index (χ4v) is 4.91. The van der Waals surface area contributed by atoms with Crippen molar-refractivity contribution in [3.63, 3.8) is 0 Å². The zero-order valence-electron chi connectivity index (χ0n) is 21.4. The van der Waals surface area contributed by atoms with Gasteiger partial charge in [0.25, 0.3) is 0 Å². The number of anilines is 1. The normalized spacial score (nSPS) is 16.6. The standard InChI is InChI=1S/C26H29F3N6O3/c1-36-18-10-9-16(21(12-18)38-3)13-30-25-31-22-19(7-4-8-20(22)37-2)24-32-23(33-35(24)25)17-6-5-11-34(14-17)15-26(27,28)29/h4,7-10,12,17H,5-6,11,13-15H2,1-3H3,(H,30,31)/t17-/m1/s1. The molecule has 0 unspecified atom stereocenters. The van der Waals surface area contributed by atoms with Crippen molar-refractivity contribution in [2.75, 3.05) is 46.3 Å². The summed E-state index contributed by atoms with van der Waals surface area (Å²) in [6, 6.07) is 11.1. The summed E-state index contributed by atoms with van der Waals surface area (Å²) in [6.07, 6.45) is -2.89. The topological polar surface area (TPSA) is 86.0 Å². The van der Waals surface area contributed by atoms with E-state index in [1.165, 1.54) is 4.90 Å². The maximum Gasteiger partial charge on any atom is 0.401 e. The van der Waals surface area contributed by atoms with Crippen LogP contribution in [0.2, 0.25) is 0 Å². The van der Waals surface area contributed by atoms with E-state index in [0.717, 1.165) is 10.9 Å². The molecule has 9 nitrogen and oxygen atoms in total. The first kappa shape index (κ1) is 25.8. The Bertz CT molecular complexity index is 1440. The minimum Gasteiger partial charge on any atom is -0.497 e. The van der Waals surface area contributed by atoms with Crippen LogP contribution in [-0.2, 0) is 6.54 Å². The van der Waals surface area contributed by atoms with Gasteiger partial charge in [-0.15, -0.1) is 5.10 Å². The van der Waals surface area contributed by atoms with Gasteiger partial charge in [0, 0.05) is 36.0 Å². The number of halogens is 3. The maximum absolute atomic E-state index is 13.0. The number of rotatable bonds is 8. The van der Waals surface area contributed by atoms with Gasteiger partial charge in [-0.3, -0.25) is 4.90 Å². The van der Waals surface area contributed by atoms with Gasteiger partial charge in [0.15, 0.2) is 11.5 Å². The van der Waals surface area contributed by atoms with E-state index in [1.54, 1.807) is 31.9 Å². The van der Waals surface area contributed by atoms with E-state index >= 15 is 0 Å². The number of alkyl halides is 3. The van der Waals surface area contributed by atoms with Crippen molar-refractivity contribution in [1.29, 1.82) is 0 Å². The zero-order chi connectivity index (χ0) is 26.9. The van der Waals surface area contributed by atoms with Crippen LogP contribution >= 0.6 is 0 Å². The molecule has 1 N–H and O–H groups in total. The first-order chi connectivity index (χ1) is 18.3. The number of aromatic nitrogens is 4. The molecule has 12 heteroatoms. The second-order valence-electron chi connectivity index (χ2n) is 9.22. The Morgan fingerprint density at radius 3 is 2.58 bits per heavy atom. The lowest BCUT2D eigenvalue weighted by Gasteiger charge is -2.31. The SMILES string of the molecule is COc1ccc(CNc2nc3c(OC)cccc3c3nc([C@@H]4CCCN(CC(F)(F)F)C4)nn23)c(OC)c1. The summed E-state index contributed by atoms with van der Waals surface area (Å²) < 4.78 is 57.1. The van der Waals surface area contributed by atoms with Crippen molar-refractivity contribution in [1.82, 2.24) is 24.5 Å². The van der Waals surface area contributed by atoms with Crippen LogP contribution < -0.4 is 19.5 Å². The molecule has 0 aliphatic carbocycles. The summed E-state index contributed by atoms with van der Waals surface area (Å²) in [4.78, 5) is 11.0. The largest absolute Gasteiger partial charge is 0.497 e. The summed E-state index contributed by atoms with van der Waals surface area (Å²) in [5.41, 5.74) is 2.04. The van der Waals surface area contributed by atoms with Crippen molar-refractivity contribution in [2.24, 2.45) is 0 Å². The molecule has 202 valence electrons. The van der Waals surface area contributed by atoms with Gasteiger partial charge in [0.2, 0.25) is 5.95 Å². The predicted octanol–water partition coefficient (Wildman–Crippen LogP) is 4.66. The first-order valence-electron chi connectivity index (χ1n) is 12.3. The molecule has 3 heterocycles. The highest BCUT2D eigenvalue weighted by atomic mass is 19.4. The lowest BCUT2D eigenvalue weighted by atomic mass is 9.97. The molecule has 0 amide bonds. The average molecular weight is 531 g/mol. The highest BCUT2D eigenvalue weighted by Gasteiger charge is 2.34. The molecule has 5 rings (SSSR count). The third-order valence-electron chi connectivity index (χ3n) is 6.71. The molecule has 1 saturated heterocycles. The molecule has 2 aromatic carbocycles. The minimum absolute atomic E-state index is 0.221. The van der Waals surface area contributed by atoms with Crippen LogP contribution in [0.5, 0.6) is 17.2 Å². The van der Waals surface area contributed by atoms with Gasteiger partial charge in [-0.1, -0.05) is 6.07 Å². The summed E-state index contributed by atoms with van der Waals surface area (Å²) in [6.45, 7) is 0.0847. The van der Waals surface area contributed by atoms with E-state index in [1.807, 2.05) is 30.3 Å².